The number of rotatable bonds is 4. The first-order valence-electron chi connectivity index (χ1n) is 11.2. The van der Waals surface area contributed by atoms with Gasteiger partial charge in [0.2, 0.25) is 5.91 Å². The summed E-state index contributed by atoms with van der Waals surface area (Å²) in [5.74, 6) is -0.521. The van der Waals surface area contributed by atoms with Crippen LogP contribution >= 0.6 is 0 Å². The molecule has 0 saturated carbocycles. The van der Waals surface area contributed by atoms with Crippen LogP contribution in [-0.4, -0.2) is 54.6 Å². The molecule has 2 aliphatic heterocycles. The Morgan fingerprint density at radius 1 is 1.20 bits per heavy atom. The second kappa shape index (κ2) is 9.23. The van der Waals surface area contributed by atoms with Crippen LogP contribution in [0.4, 0.5) is 24.5 Å². The Morgan fingerprint density at radius 3 is 2.51 bits per heavy atom. The van der Waals surface area contributed by atoms with Crippen LogP contribution in [0, 0.1) is 22.7 Å². The van der Waals surface area contributed by atoms with Gasteiger partial charge in [-0.25, -0.2) is 0 Å². The zero-order valence-electron chi connectivity index (χ0n) is 19.1. The Balaban J connectivity index is 1.52. The van der Waals surface area contributed by atoms with Crippen molar-refractivity contribution >= 4 is 23.2 Å². The predicted octanol–water partition coefficient (Wildman–Crippen LogP) is 3.50. The molecule has 2 aliphatic rings. The number of benzene rings is 2. The zero-order chi connectivity index (χ0) is 25.4. The predicted molar refractivity (Wildman–Crippen MR) is 123 cm³/mol. The van der Waals surface area contributed by atoms with E-state index in [1.54, 1.807) is 40.1 Å². The lowest BCUT2D eigenvalue weighted by atomic mass is 9.73. The molecule has 0 aromatic heterocycles. The van der Waals surface area contributed by atoms with Gasteiger partial charge in [0, 0.05) is 61.4 Å². The van der Waals surface area contributed by atoms with Gasteiger partial charge in [-0.1, -0.05) is 0 Å². The molecule has 10 heteroatoms. The van der Waals surface area contributed by atoms with E-state index in [-0.39, 0.29) is 24.3 Å². The maximum absolute atomic E-state index is 13.5. The molecule has 4 rings (SSSR count). The highest BCUT2D eigenvalue weighted by molar-refractivity contribution is 5.95. The van der Waals surface area contributed by atoms with E-state index in [4.69, 9.17) is 5.26 Å². The molecule has 0 aliphatic carbocycles. The van der Waals surface area contributed by atoms with E-state index in [2.05, 4.69) is 5.32 Å². The van der Waals surface area contributed by atoms with Gasteiger partial charge in [0.05, 0.1) is 23.8 Å². The monoisotopic (exact) mass is 486 g/mol. The molecule has 2 fully saturated rings. The lowest BCUT2D eigenvalue weighted by Crippen LogP contribution is -2.50. The Kier molecular flexibility index (Phi) is 6.47. The molecule has 35 heavy (non-hydrogen) atoms. The van der Waals surface area contributed by atoms with Crippen molar-refractivity contribution < 1.29 is 27.9 Å². The molecular weight excluding hydrogens is 461 g/mol. The van der Waals surface area contributed by atoms with Gasteiger partial charge in [-0.15, -0.1) is 0 Å². The van der Waals surface area contributed by atoms with E-state index in [0.717, 1.165) is 6.07 Å². The lowest BCUT2D eigenvalue weighted by molar-refractivity contribution is -0.137. The fourth-order valence-corrected chi connectivity index (χ4v) is 5.07. The Morgan fingerprint density at radius 2 is 1.91 bits per heavy atom. The first-order chi connectivity index (χ1) is 16.6. The quantitative estimate of drug-likeness (QED) is 0.690. The number of amides is 2. The van der Waals surface area contributed by atoms with Crippen LogP contribution in [0.2, 0.25) is 0 Å². The summed E-state index contributed by atoms with van der Waals surface area (Å²) in [5, 5.41) is 21.9. The van der Waals surface area contributed by atoms with Crippen molar-refractivity contribution in [3.8, 4) is 6.07 Å². The van der Waals surface area contributed by atoms with Crippen LogP contribution in [0.1, 0.15) is 34.8 Å². The van der Waals surface area contributed by atoms with Gasteiger partial charge in [0.25, 0.3) is 5.91 Å². The molecule has 2 N–H and O–H groups in total. The maximum Gasteiger partial charge on any atom is 0.417 e. The number of fused-ring (bicyclic) bond motifs is 1. The van der Waals surface area contributed by atoms with E-state index in [0.29, 0.717) is 49.5 Å². The molecule has 2 aromatic carbocycles. The van der Waals surface area contributed by atoms with Crippen molar-refractivity contribution in [3.05, 3.63) is 59.2 Å². The number of nitrogens with one attached hydrogen (secondary N) is 1. The van der Waals surface area contributed by atoms with Crippen LogP contribution in [-0.2, 0) is 11.0 Å². The summed E-state index contributed by atoms with van der Waals surface area (Å²) >= 11 is 0. The molecule has 2 saturated heterocycles. The van der Waals surface area contributed by atoms with Gasteiger partial charge in [-0.05, 0) is 48.9 Å². The first-order valence-corrected chi connectivity index (χ1v) is 11.2. The smallest absolute Gasteiger partial charge is 0.396 e. The number of piperidine rings is 1. The summed E-state index contributed by atoms with van der Waals surface area (Å²) in [6.07, 6.45) is -4.14. The largest absolute Gasteiger partial charge is 0.417 e. The van der Waals surface area contributed by atoms with E-state index in [1.807, 2.05) is 0 Å². The van der Waals surface area contributed by atoms with E-state index in [1.165, 1.54) is 19.1 Å². The molecule has 2 atom stereocenters. The number of nitriles is 1. The highest BCUT2D eigenvalue weighted by Crippen LogP contribution is 2.45. The van der Waals surface area contributed by atoms with Gasteiger partial charge in [0.15, 0.2) is 0 Å². The molecular formula is C25H25F3N4O3. The Labute approximate surface area is 200 Å². The van der Waals surface area contributed by atoms with E-state index in [9.17, 15) is 27.9 Å². The van der Waals surface area contributed by atoms with Crippen molar-refractivity contribution in [2.45, 2.75) is 19.5 Å². The fraction of sp³-hybridized carbons (Fsp3) is 0.400. The minimum atomic E-state index is -4.65. The summed E-state index contributed by atoms with van der Waals surface area (Å²) in [7, 11) is 0. The normalized spacial score (nSPS) is 21.9. The van der Waals surface area contributed by atoms with E-state index < -0.39 is 22.7 Å². The van der Waals surface area contributed by atoms with Crippen molar-refractivity contribution in [1.29, 1.82) is 5.26 Å². The number of anilines is 2. The van der Waals surface area contributed by atoms with Crippen molar-refractivity contribution in [1.82, 2.24) is 4.90 Å². The molecule has 0 unspecified atom stereocenters. The average Bonchev–Trinajstić information content (AvgIpc) is 3.22. The molecule has 2 amide bonds. The number of aliphatic hydroxyl groups is 1. The summed E-state index contributed by atoms with van der Waals surface area (Å²) in [4.78, 5) is 27.8. The van der Waals surface area contributed by atoms with Crippen LogP contribution in [0.15, 0.2) is 42.5 Å². The number of aliphatic hydroxyl groups excluding tert-OH is 1. The number of carbonyl (C=O) groups is 2. The van der Waals surface area contributed by atoms with Crippen LogP contribution in [0.25, 0.3) is 0 Å². The molecule has 0 spiro atoms. The highest BCUT2D eigenvalue weighted by atomic mass is 19.4. The fourth-order valence-electron chi connectivity index (χ4n) is 5.07. The number of hydrogen-bond donors (Lipinski definition) is 2. The summed E-state index contributed by atoms with van der Waals surface area (Å²) in [6, 6.07) is 11.8. The standard InChI is InChI=1S/C25H25F3N4O3/c1-16(34)30-20-5-2-17(3-6-20)23(35)31-9-8-24(15-33)14-32(13-19(24)12-31)21-7-4-18(11-29)22(10-21)25(26,27)28/h2-7,10,19,33H,8-9,12-15H2,1H3,(H,30,34)/t19-,24+/m1/s1. The first kappa shape index (κ1) is 24.5. The SMILES string of the molecule is CC(=O)Nc1ccc(C(=O)N2CC[C@@]3(CO)CN(c4ccc(C#N)c(C(F)(F)F)c4)C[C@H]3C2)cc1. The highest BCUT2D eigenvalue weighted by Gasteiger charge is 2.50. The summed E-state index contributed by atoms with van der Waals surface area (Å²) in [5.41, 5.74) is -0.560. The van der Waals surface area contributed by atoms with Gasteiger partial charge < -0.3 is 20.2 Å². The molecule has 2 aromatic rings. The van der Waals surface area contributed by atoms with Crippen molar-refractivity contribution in [2.24, 2.45) is 11.3 Å². The number of likely N-dealkylation sites (tertiary alicyclic amines) is 1. The Bertz CT molecular complexity index is 1180. The van der Waals surface area contributed by atoms with Crippen LogP contribution < -0.4 is 10.2 Å². The van der Waals surface area contributed by atoms with Gasteiger partial charge >= 0.3 is 6.18 Å². The minimum Gasteiger partial charge on any atom is -0.396 e. The average molecular weight is 486 g/mol. The lowest BCUT2D eigenvalue weighted by Gasteiger charge is -2.42. The van der Waals surface area contributed by atoms with Crippen LogP contribution in [0.3, 0.4) is 0 Å². The number of nitrogens with zero attached hydrogens (tertiary/aromatic N) is 3. The molecule has 184 valence electrons. The van der Waals surface area contributed by atoms with Gasteiger partial charge in [-0.2, -0.15) is 18.4 Å². The Hall–Kier alpha value is -3.58. The number of hydrogen-bond acceptors (Lipinski definition) is 5. The topological polar surface area (TPSA) is 96.7 Å². The third-order valence-corrected chi connectivity index (χ3v) is 6.98. The van der Waals surface area contributed by atoms with Crippen molar-refractivity contribution in [2.75, 3.05) is 43.0 Å². The third-order valence-electron chi connectivity index (χ3n) is 6.98. The molecule has 7 nitrogen and oxygen atoms in total. The second-order valence-corrected chi connectivity index (χ2v) is 9.20. The van der Waals surface area contributed by atoms with Crippen LogP contribution in [0.5, 0.6) is 0 Å². The molecule has 0 radical (unpaired) electrons. The van der Waals surface area contributed by atoms with Crippen molar-refractivity contribution in [3.63, 3.8) is 0 Å². The minimum absolute atomic E-state index is 0.131. The maximum atomic E-state index is 13.5. The summed E-state index contributed by atoms with van der Waals surface area (Å²) in [6.45, 7) is 2.79. The van der Waals surface area contributed by atoms with E-state index >= 15 is 0 Å². The summed E-state index contributed by atoms with van der Waals surface area (Å²) < 4.78 is 40.4. The third kappa shape index (κ3) is 4.82. The second-order valence-electron chi connectivity index (χ2n) is 9.20. The van der Waals surface area contributed by atoms with Gasteiger partial charge in [-0.3, -0.25) is 9.59 Å². The number of alkyl halides is 3. The molecule has 2 heterocycles. The zero-order valence-corrected chi connectivity index (χ0v) is 19.1. The molecule has 0 bridgehead atoms. The number of halogens is 3. The number of carbonyl (C=O) groups excluding carboxylic acids is 2. The van der Waals surface area contributed by atoms with Gasteiger partial charge in [0.1, 0.15) is 0 Å².